The highest BCUT2D eigenvalue weighted by molar-refractivity contribution is 6.04. The molecular formula is C14H25N3O3. The minimum Gasteiger partial charge on any atom is -0.353 e. The minimum atomic E-state index is -1.08. The van der Waals surface area contributed by atoms with Gasteiger partial charge in [0.25, 0.3) is 0 Å². The number of hydrogen-bond donors (Lipinski definition) is 1. The van der Waals surface area contributed by atoms with Crippen LogP contribution in [0.4, 0.5) is 0 Å². The molecule has 1 N–H and O–H groups in total. The molecule has 20 heavy (non-hydrogen) atoms. The van der Waals surface area contributed by atoms with Gasteiger partial charge in [-0.2, -0.15) is 0 Å². The number of nitrogens with zero attached hydrogens (tertiary/aromatic N) is 2. The van der Waals surface area contributed by atoms with Crippen LogP contribution in [0.1, 0.15) is 34.6 Å². The summed E-state index contributed by atoms with van der Waals surface area (Å²) in [6.07, 6.45) is 0. The molecule has 1 saturated heterocycles. The van der Waals surface area contributed by atoms with Gasteiger partial charge in [-0.25, -0.2) is 0 Å². The summed E-state index contributed by atoms with van der Waals surface area (Å²) in [4.78, 5) is 39.2. The molecule has 0 aromatic carbocycles. The molecule has 0 spiro atoms. The summed E-state index contributed by atoms with van der Waals surface area (Å²) < 4.78 is 0. The van der Waals surface area contributed by atoms with E-state index >= 15 is 0 Å². The standard InChI is InChI=1S/C14H25N3O3/c1-10(2)15-12(19)14(4,5)13(20)17-8-6-16(7-9-17)11(3)18/h10H,6-9H2,1-5H3,(H,15,19). The van der Waals surface area contributed by atoms with Crippen LogP contribution in [0.3, 0.4) is 0 Å². The van der Waals surface area contributed by atoms with Gasteiger partial charge in [0.15, 0.2) is 0 Å². The van der Waals surface area contributed by atoms with E-state index in [0.717, 1.165) is 0 Å². The molecule has 0 aliphatic carbocycles. The fourth-order valence-electron chi connectivity index (χ4n) is 2.16. The molecule has 6 nitrogen and oxygen atoms in total. The predicted octanol–water partition coefficient (Wildman–Crippen LogP) is 0.228. The molecule has 1 aliphatic heterocycles. The van der Waals surface area contributed by atoms with E-state index in [-0.39, 0.29) is 23.8 Å². The van der Waals surface area contributed by atoms with Crippen molar-refractivity contribution < 1.29 is 14.4 Å². The Labute approximate surface area is 120 Å². The first-order valence-electron chi connectivity index (χ1n) is 7.02. The molecule has 114 valence electrons. The lowest BCUT2D eigenvalue weighted by Crippen LogP contribution is -2.56. The van der Waals surface area contributed by atoms with Crippen molar-refractivity contribution >= 4 is 17.7 Å². The average molecular weight is 283 g/mol. The number of hydrogen-bond acceptors (Lipinski definition) is 3. The first-order chi connectivity index (χ1) is 9.16. The van der Waals surface area contributed by atoms with Gasteiger partial charge in [-0.05, 0) is 27.7 Å². The second-order valence-corrected chi connectivity index (χ2v) is 6.05. The van der Waals surface area contributed by atoms with Crippen LogP contribution < -0.4 is 5.32 Å². The average Bonchev–Trinajstić information content (AvgIpc) is 2.37. The molecule has 0 atom stereocenters. The molecule has 1 rings (SSSR count). The van der Waals surface area contributed by atoms with Crippen LogP contribution in [-0.2, 0) is 14.4 Å². The first-order valence-corrected chi connectivity index (χ1v) is 7.02. The van der Waals surface area contributed by atoms with Crippen molar-refractivity contribution in [2.45, 2.75) is 40.7 Å². The molecular weight excluding hydrogens is 258 g/mol. The van der Waals surface area contributed by atoms with Crippen molar-refractivity contribution in [2.24, 2.45) is 5.41 Å². The summed E-state index contributed by atoms with van der Waals surface area (Å²) in [5, 5.41) is 2.78. The van der Waals surface area contributed by atoms with Crippen molar-refractivity contribution in [3.8, 4) is 0 Å². The Kier molecular flexibility index (Phi) is 5.14. The zero-order chi connectivity index (χ0) is 15.5. The summed E-state index contributed by atoms with van der Waals surface area (Å²) in [5.41, 5.74) is -1.08. The molecule has 6 heteroatoms. The highest BCUT2D eigenvalue weighted by Crippen LogP contribution is 2.20. The van der Waals surface area contributed by atoms with E-state index in [9.17, 15) is 14.4 Å². The Morgan fingerprint density at radius 3 is 1.85 bits per heavy atom. The molecule has 3 amide bonds. The number of rotatable bonds is 3. The van der Waals surface area contributed by atoms with E-state index in [1.165, 1.54) is 6.92 Å². The molecule has 1 fully saturated rings. The second-order valence-electron chi connectivity index (χ2n) is 6.05. The van der Waals surface area contributed by atoms with Crippen molar-refractivity contribution in [1.29, 1.82) is 0 Å². The zero-order valence-electron chi connectivity index (χ0n) is 13.0. The van der Waals surface area contributed by atoms with Crippen molar-refractivity contribution in [3.63, 3.8) is 0 Å². The van der Waals surface area contributed by atoms with Crippen molar-refractivity contribution in [1.82, 2.24) is 15.1 Å². The van der Waals surface area contributed by atoms with Crippen molar-refractivity contribution in [3.05, 3.63) is 0 Å². The topological polar surface area (TPSA) is 69.7 Å². The third-order valence-electron chi connectivity index (χ3n) is 3.53. The molecule has 0 radical (unpaired) electrons. The van der Waals surface area contributed by atoms with E-state index in [1.54, 1.807) is 23.6 Å². The van der Waals surface area contributed by atoms with Crippen LogP contribution >= 0.6 is 0 Å². The van der Waals surface area contributed by atoms with Crippen molar-refractivity contribution in [2.75, 3.05) is 26.2 Å². The smallest absolute Gasteiger partial charge is 0.237 e. The molecule has 1 aliphatic rings. The highest BCUT2D eigenvalue weighted by atomic mass is 16.2. The van der Waals surface area contributed by atoms with Crippen LogP contribution in [0.25, 0.3) is 0 Å². The van der Waals surface area contributed by atoms with E-state index in [4.69, 9.17) is 0 Å². The Morgan fingerprint density at radius 2 is 1.45 bits per heavy atom. The summed E-state index contributed by atoms with van der Waals surface area (Å²) in [5.74, 6) is -0.417. The Morgan fingerprint density at radius 1 is 1.00 bits per heavy atom. The van der Waals surface area contributed by atoms with Gasteiger partial charge in [-0.15, -0.1) is 0 Å². The predicted molar refractivity (Wildman–Crippen MR) is 75.9 cm³/mol. The van der Waals surface area contributed by atoms with Gasteiger partial charge in [-0.1, -0.05) is 0 Å². The van der Waals surface area contributed by atoms with Crippen LogP contribution in [0.5, 0.6) is 0 Å². The third-order valence-corrected chi connectivity index (χ3v) is 3.53. The summed E-state index contributed by atoms with van der Waals surface area (Å²) in [6, 6.07) is 0.00383. The number of nitrogens with one attached hydrogen (secondary N) is 1. The molecule has 0 saturated carbocycles. The SMILES string of the molecule is CC(=O)N1CCN(C(=O)C(C)(C)C(=O)NC(C)C)CC1. The van der Waals surface area contributed by atoms with Crippen LogP contribution in [0, 0.1) is 5.41 Å². The minimum absolute atomic E-state index is 0.00383. The van der Waals surface area contributed by atoms with Gasteiger partial charge in [0, 0.05) is 39.1 Å². The molecule has 0 unspecified atom stereocenters. The monoisotopic (exact) mass is 283 g/mol. The van der Waals surface area contributed by atoms with Gasteiger partial charge >= 0.3 is 0 Å². The molecule has 0 aromatic rings. The summed E-state index contributed by atoms with van der Waals surface area (Å²) in [7, 11) is 0. The second kappa shape index (κ2) is 6.24. The highest BCUT2D eigenvalue weighted by Gasteiger charge is 2.40. The van der Waals surface area contributed by atoms with Gasteiger partial charge < -0.3 is 15.1 Å². The lowest BCUT2D eigenvalue weighted by molar-refractivity contribution is -0.151. The fourth-order valence-corrected chi connectivity index (χ4v) is 2.16. The Balaban J connectivity index is 2.66. The third kappa shape index (κ3) is 3.71. The van der Waals surface area contributed by atoms with E-state index in [2.05, 4.69) is 5.32 Å². The largest absolute Gasteiger partial charge is 0.353 e. The Hall–Kier alpha value is -1.59. The maximum Gasteiger partial charge on any atom is 0.237 e. The van der Waals surface area contributed by atoms with Crippen LogP contribution in [-0.4, -0.2) is 59.7 Å². The number of amides is 3. The first kappa shape index (κ1) is 16.5. The zero-order valence-corrected chi connectivity index (χ0v) is 13.0. The van der Waals surface area contributed by atoms with Gasteiger partial charge in [-0.3, -0.25) is 14.4 Å². The number of piperazine rings is 1. The van der Waals surface area contributed by atoms with Gasteiger partial charge in [0.05, 0.1) is 0 Å². The quantitative estimate of drug-likeness (QED) is 0.754. The maximum atomic E-state index is 12.5. The Bertz CT molecular complexity index is 396. The normalized spacial score (nSPS) is 16.3. The maximum absolute atomic E-state index is 12.5. The van der Waals surface area contributed by atoms with E-state index in [1.807, 2.05) is 13.8 Å². The van der Waals surface area contributed by atoms with E-state index < -0.39 is 5.41 Å². The lowest BCUT2D eigenvalue weighted by atomic mass is 9.89. The van der Waals surface area contributed by atoms with Gasteiger partial charge in [0.1, 0.15) is 5.41 Å². The van der Waals surface area contributed by atoms with E-state index in [0.29, 0.717) is 26.2 Å². The fraction of sp³-hybridized carbons (Fsp3) is 0.786. The summed E-state index contributed by atoms with van der Waals surface area (Å²) >= 11 is 0. The van der Waals surface area contributed by atoms with Crippen LogP contribution in [0.15, 0.2) is 0 Å². The summed E-state index contributed by atoms with van der Waals surface area (Å²) in [6.45, 7) is 10.6. The van der Waals surface area contributed by atoms with Gasteiger partial charge in [0.2, 0.25) is 17.7 Å². The number of carbonyl (C=O) groups is 3. The number of carbonyl (C=O) groups excluding carboxylic acids is 3. The molecule has 1 heterocycles. The lowest BCUT2D eigenvalue weighted by Gasteiger charge is -2.38. The molecule has 0 bridgehead atoms. The van der Waals surface area contributed by atoms with Crippen LogP contribution in [0.2, 0.25) is 0 Å². The molecule has 0 aromatic heterocycles.